The van der Waals surface area contributed by atoms with Gasteiger partial charge in [0, 0.05) is 5.57 Å². The molecule has 0 saturated heterocycles. The summed E-state index contributed by atoms with van der Waals surface area (Å²) in [7, 11) is 0. The van der Waals surface area contributed by atoms with Crippen molar-refractivity contribution >= 4 is 5.97 Å². The fourth-order valence-corrected chi connectivity index (χ4v) is 3.82. The van der Waals surface area contributed by atoms with Gasteiger partial charge in [0.15, 0.2) is 0 Å². The Hall–Kier alpha value is -2.09. The van der Waals surface area contributed by atoms with Crippen LogP contribution < -0.4 is 0 Å². The first kappa shape index (κ1) is 32.9. The minimum absolute atomic E-state index is 0.167. The van der Waals surface area contributed by atoms with E-state index in [0.29, 0.717) is 6.61 Å². The third kappa shape index (κ3) is 19.9. The average molecular weight is 483 g/mol. The molecule has 0 aromatic rings. The monoisotopic (exact) mass is 482 g/mol. The first-order valence-corrected chi connectivity index (χ1v) is 13.8. The van der Waals surface area contributed by atoms with E-state index >= 15 is 0 Å². The molecule has 0 N–H and O–H groups in total. The van der Waals surface area contributed by atoms with E-state index in [-0.39, 0.29) is 5.97 Å². The summed E-state index contributed by atoms with van der Waals surface area (Å²) in [6.07, 6.45) is 25.7. The zero-order valence-electron chi connectivity index (χ0n) is 24.3. The third-order valence-corrected chi connectivity index (χ3v) is 6.15. The molecular weight excluding hydrogens is 428 g/mol. The van der Waals surface area contributed by atoms with Crippen LogP contribution in [0.3, 0.4) is 0 Å². The van der Waals surface area contributed by atoms with Gasteiger partial charge in [-0.05, 0) is 119 Å². The molecule has 0 atom stereocenters. The molecule has 0 rings (SSSR count). The molecule has 0 spiro atoms. The first-order chi connectivity index (χ1) is 16.7. The van der Waals surface area contributed by atoms with Crippen molar-refractivity contribution in [2.24, 2.45) is 0 Å². The van der Waals surface area contributed by atoms with E-state index in [2.05, 4.69) is 71.9 Å². The van der Waals surface area contributed by atoms with Gasteiger partial charge in [-0.2, -0.15) is 0 Å². The highest BCUT2D eigenvalue weighted by Gasteiger charge is 2.07. The van der Waals surface area contributed by atoms with Crippen LogP contribution in [-0.4, -0.2) is 12.6 Å². The van der Waals surface area contributed by atoms with Crippen LogP contribution in [0.1, 0.15) is 126 Å². The SMILES string of the molecule is CCOC(=O)/C(=C/CC/C(C)=C/CC/C(C)=C/CC/C=C(\C)CC/C=C(\C)CCC=C(C)C)CC. The second-order valence-corrected chi connectivity index (χ2v) is 10.0. The Morgan fingerprint density at radius 3 is 1.29 bits per heavy atom. The summed E-state index contributed by atoms with van der Waals surface area (Å²) >= 11 is 0. The Balaban J connectivity index is 4.21. The number of esters is 1. The number of unbranched alkanes of at least 4 members (excludes halogenated alkanes) is 1. The van der Waals surface area contributed by atoms with Crippen LogP contribution >= 0.6 is 0 Å². The van der Waals surface area contributed by atoms with E-state index in [1.807, 2.05) is 19.9 Å². The zero-order valence-corrected chi connectivity index (χ0v) is 24.3. The van der Waals surface area contributed by atoms with Gasteiger partial charge < -0.3 is 4.74 Å². The smallest absolute Gasteiger partial charge is 0.333 e. The zero-order chi connectivity index (χ0) is 26.5. The molecule has 0 aromatic heterocycles. The molecule has 0 aliphatic heterocycles. The summed E-state index contributed by atoms with van der Waals surface area (Å²) in [5.41, 5.74) is 8.10. The lowest BCUT2D eigenvalue weighted by atomic mass is 10.0. The fourth-order valence-electron chi connectivity index (χ4n) is 3.82. The van der Waals surface area contributed by atoms with Crippen LogP contribution in [0.15, 0.2) is 69.9 Å². The largest absolute Gasteiger partial charge is 0.463 e. The lowest BCUT2D eigenvalue weighted by Crippen LogP contribution is -2.06. The van der Waals surface area contributed by atoms with Gasteiger partial charge in [0.2, 0.25) is 0 Å². The molecule has 0 fully saturated rings. The second kappa shape index (κ2) is 21.2. The van der Waals surface area contributed by atoms with Crippen LogP contribution in [0.2, 0.25) is 0 Å². The molecule has 2 heteroatoms. The number of carbonyl (C=O) groups excluding carboxylic acids is 1. The molecule has 0 saturated carbocycles. The molecule has 0 bridgehead atoms. The molecule has 0 heterocycles. The van der Waals surface area contributed by atoms with E-state index in [0.717, 1.165) is 63.4 Å². The molecule has 35 heavy (non-hydrogen) atoms. The summed E-state index contributed by atoms with van der Waals surface area (Å²) in [4.78, 5) is 11.8. The quantitative estimate of drug-likeness (QED) is 0.0840. The summed E-state index contributed by atoms with van der Waals surface area (Å²) < 4.78 is 5.10. The molecule has 0 aromatic carbocycles. The lowest BCUT2D eigenvalue weighted by Gasteiger charge is -2.05. The van der Waals surface area contributed by atoms with Gasteiger partial charge in [-0.15, -0.1) is 0 Å². The Morgan fingerprint density at radius 2 is 0.914 bits per heavy atom. The van der Waals surface area contributed by atoms with Crippen molar-refractivity contribution in [2.75, 3.05) is 6.61 Å². The summed E-state index contributed by atoms with van der Waals surface area (Å²) in [6, 6.07) is 0. The number of hydrogen-bond donors (Lipinski definition) is 0. The van der Waals surface area contributed by atoms with Crippen LogP contribution in [0.25, 0.3) is 0 Å². The highest BCUT2D eigenvalue weighted by molar-refractivity contribution is 5.88. The summed E-state index contributed by atoms with van der Waals surface area (Å²) in [5, 5.41) is 0. The van der Waals surface area contributed by atoms with Gasteiger partial charge >= 0.3 is 5.97 Å². The number of hydrogen-bond acceptors (Lipinski definition) is 2. The number of allylic oxidation sites excluding steroid dienone is 11. The van der Waals surface area contributed by atoms with Crippen molar-refractivity contribution in [2.45, 2.75) is 126 Å². The Kier molecular flexibility index (Phi) is 19.9. The number of carbonyl (C=O) groups is 1. The molecular formula is C33H54O2. The Morgan fingerprint density at radius 1 is 0.543 bits per heavy atom. The van der Waals surface area contributed by atoms with Gasteiger partial charge in [0.05, 0.1) is 6.61 Å². The molecule has 0 amide bonds. The van der Waals surface area contributed by atoms with E-state index in [1.165, 1.54) is 40.7 Å². The first-order valence-electron chi connectivity index (χ1n) is 13.8. The maximum atomic E-state index is 11.8. The standard InChI is InChI=1S/C33H54O2/c1-9-32(33(34)35-10-2)26-16-25-31(8)24-15-22-29(6)19-12-11-18-28(5)21-14-23-30(7)20-13-17-27(3)4/h17-19,23-24,26H,9-16,20-22,25H2,1-8H3/b28-18+,29-19+,30-23+,31-24+,32-26+. The molecule has 0 radical (unpaired) electrons. The molecule has 198 valence electrons. The van der Waals surface area contributed by atoms with E-state index in [9.17, 15) is 4.79 Å². The van der Waals surface area contributed by atoms with E-state index in [1.54, 1.807) is 0 Å². The minimum atomic E-state index is -0.167. The van der Waals surface area contributed by atoms with Crippen molar-refractivity contribution < 1.29 is 9.53 Å². The van der Waals surface area contributed by atoms with Crippen molar-refractivity contribution in [3.05, 3.63) is 69.9 Å². The van der Waals surface area contributed by atoms with E-state index in [4.69, 9.17) is 4.74 Å². The molecule has 0 unspecified atom stereocenters. The van der Waals surface area contributed by atoms with Gasteiger partial charge in [-0.3, -0.25) is 0 Å². The highest BCUT2D eigenvalue weighted by Crippen LogP contribution is 2.15. The minimum Gasteiger partial charge on any atom is -0.463 e. The van der Waals surface area contributed by atoms with Crippen molar-refractivity contribution in [1.82, 2.24) is 0 Å². The summed E-state index contributed by atoms with van der Waals surface area (Å²) in [5.74, 6) is -0.167. The van der Waals surface area contributed by atoms with Gasteiger partial charge in [0.25, 0.3) is 0 Å². The fraction of sp³-hybridized carbons (Fsp3) is 0.606. The number of rotatable bonds is 18. The molecule has 2 nitrogen and oxygen atoms in total. The maximum absolute atomic E-state index is 11.8. The number of ether oxygens (including phenoxy) is 1. The van der Waals surface area contributed by atoms with Crippen LogP contribution in [0.5, 0.6) is 0 Å². The Labute approximate surface area is 218 Å². The van der Waals surface area contributed by atoms with Crippen LogP contribution in [-0.2, 0) is 9.53 Å². The highest BCUT2D eigenvalue weighted by atomic mass is 16.5. The topological polar surface area (TPSA) is 26.3 Å². The van der Waals surface area contributed by atoms with Gasteiger partial charge in [-0.1, -0.05) is 71.2 Å². The Bertz CT molecular complexity index is 780. The summed E-state index contributed by atoms with van der Waals surface area (Å²) in [6.45, 7) is 17.6. The normalized spacial score (nSPS) is 13.8. The molecule has 0 aliphatic carbocycles. The van der Waals surface area contributed by atoms with Crippen LogP contribution in [0.4, 0.5) is 0 Å². The second-order valence-electron chi connectivity index (χ2n) is 10.0. The van der Waals surface area contributed by atoms with Crippen LogP contribution in [0, 0.1) is 0 Å². The van der Waals surface area contributed by atoms with Crippen molar-refractivity contribution in [3.63, 3.8) is 0 Å². The lowest BCUT2D eigenvalue weighted by molar-refractivity contribution is -0.138. The third-order valence-electron chi connectivity index (χ3n) is 6.15. The van der Waals surface area contributed by atoms with Crippen molar-refractivity contribution in [1.29, 1.82) is 0 Å². The maximum Gasteiger partial charge on any atom is 0.333 e. The predicted molar refractivity (Wildman–Crippen MR) is 156 cm³/mol. The van der Waals surface area contributed by atoms with Crippen molar-refractivity contribution in [3.8, 4) is 0 Å². The van der Waals surface area contributed by atoms with E-state index < -0.39 is 0 Å². The van der Waals surface area contributed by atoms with Gasteiger partial charge in [-0.25, -0.2) is 4.79 Å². The predicted octanol–water partition coefficient (Wildman–Crippen LogP) is 10.5. The molecule has 0 aliphatic rings. The average Bonchev–Trinajstić information content (AvgIpc) is 2.79. The van der Waals surface area contributed by atoms with Gasteiger partial charge in [0.1, 0.15) is 0 Å².